The van der Waals surface area contributed by atoms with Gasteiger partial charge in [0.25, 0.3) is 11.5 Å². The number of likely N-dealkylation sites (tertiary alicyclic amines) is 1. The van der Waals surface area contributed by atoms with E-state index in [0.29, 0.717) is 25.0 Å². The Bertz CT molecular complexity index is 889. The maximum absolute atomic E-state index is 12.7. The molecular formula is C17H19N3O4. The minimum absolute atomic E-state index is 0.0361. The van der Waals surface area contributed by atoms with E-state index in [1.807, 2.05) is 6.92 Å². The fourth-order valence-electron chi connectivity index (χ4n) is 3.08. The molecule has 0 radical (unpaired) electrons. The minimum atomic E-state index is -0.981. The van der Waals surface area contributed by atoms with E-state index < -0.39 is 22.9 Å². The number of nitrogens with zero attached hydrogens (tertiary/aromatic N) is 3. The van der Waals surface area contributed by atoms with Crippen molar-refractivity contribution < 1.29 is 14.7 Å². The summed E-state index contributed by atoms with van der Waals surface area (Å²) < 4.78 is 1.33. The van der Waals surface area contributed by atoms with Crippen LogP contribution in [0.2, 0.25) is 0 Å². The SMILES string of the molecule is Cc1ccn2c(=O)c(C(=O)N3CCCC(C)(C(=O)O)C3)cnc2c1. The number of rotatable bonds is 2. The molecule has 0 aromatic carbocycles. The van der Waals surface area contributed by atoms with Gasteiger partial charge in [-0.05, 0) is 44.4 Å². The van der Waals surface area contributed by atoms with Crippen LogP contribution in [0.3, 0.4) is 0 Å². The van der Waals surface area contributed by atoms with Crippen molar-refractivity contribution in [2.45, 2.75) is 26.7 Å². The molecule has 24 heavy (non-hydrogen) atoms. The standard InChI is InChI=1S/C17H19N3O4/c1-11-4-7-20-13(8-11)18-9-12(15(20)22)14(21)19-6-3-5-17(2,10-19)16(23)24/h4,7-9H,3,5-6,10H2,1-2H3,(H,23,24). The molecule has 0 aliphatic carbocycles. The molecular weight excluding hydrogens is 310 g/mol. The number of carbonyl (C=O) groups excluding carboxylic acids is 1. The number of carboxylic acid groups (broad SMARTS) is 1. The first kappa shape index (κ1) is 16.2. The van der Waals surface area contributed by atoms with Gasteiger partial charge in [-0.2, -0.15) is 0 Å². The second-order valence-electron chi connectivity index (χ2n) is 6.61. The number of hydrogen-bond donors (Lipinski definition) is 1. The van der Waals surface area contributed by atoms with Crippen molar-refractivity contribution in [1.29, 1.82) is 0 Å². The van der Waals surface area contributed by atoms with Gasteiger partial charge in [0.05, 0.1) is 5.41 Å². The lowest BCUT2D eigenvalue weighted by atomic mass is 9.82. The molecule has 1 aliphatic heterocycles. The maximum atomic E-state index is 12.7. The Kier molecular flexibility index (Phi) is 3.87. The number of amides is 1. The van der Waals surface area contributed by atoms with Gasteiger partial charge in [-0.1, -0.05) is 0 Å². The Morgan fingerprint density at radius 3 is 2.83 bits per heavy atom. The molecule has 7 nitrogen and oxygen atoms in total. The Morgan fingerprint density at radius 1 is 1.38 bits per heavy atom. The molecule has 1 amide bonds. The summed E-state index contributed by atoms with van der Waals surface area (Å²) in [6.45, 7) is 4.06. The number of pyridine rings is 1. The van der Waals surface area contributed by atoms with Gasteiger partial charge in [-0.15, -0.1) is 0 Å². The fourth-order valence-corrected chi connectivity index (χ4v) is 3.08. The fraction of sp³-hybridized carbons (Fsp3) is 0.412. The maximum Gasteiger partial charge on any atom is 0.311 e. The van der Waals surface area contributed by atoms with Crippen molar-refractivity contribution in [3.05, 3.63) is 46.0 Å². The monoisotopic (exact) mass is 329 g/mol. The molecule has 1 atom stereocenters. The number of aromatic nitrogens is 2. The second kappa shape index (κ2) is 5.74. The van der Waals surface area contributed by atoms with Crippen LogP contribution in [0.1, 0.15) is 35.7 Å². The summed E-state index contributed by atoms with van der Waals surface area (Å²) in [4.78, 5) is 42.4. The number of piperidine rings is 1. The number of carbonyl (C=O) groups is 2. The zero-order chi connectivity index (χ0) is 17.5. The van der Waals surface area contributed by atoms with Crippen LogP contribution >= 0.6 is 0 Å². The van der Waals surface area contributed by atoms with E-state index in [1.54, 1.807) is 25.3 Å². The minimum Gasteiger partial charge on any atom is -0.481 e. The van der Waals surface area contributed by atoms with Gasteiger partial charge in [-0.25, -0.2) is 4.98 Å². The van der Waals surface area contributed by atoms with Crippen LogP contribution in [0, 0.1) is 12.3 Å². The summed E-state index contributed by atoms with van der Waals surface area (Å²) in [5.74, 6) is -1.39. The lowest BCUT2D eigenvalue weighted by Gasteiger charge is -2.37. The Balaban J connectivity index is 1.97. The quantitative estimate of drug-likeness (QED) is 0.897. The van der Waals surface area contributed by atoms with Crippen molar-refractivity contribution in [3.63, 3.8) is 0 Å². The molecule has 2 aromatic heterocycles. The molecule has 0 bridgehead atoms. The molecule has 3 heterocycles. The second-order valence-corrected chi connectivity index (χ2v) is 6.61. The van der Waals surface area contributed by atoms with Crippen molar-refractivity contribution in [2.75, 3.05) is 13.1 Å². The van der Waals surface area contributed by atoms with Gasteiger partial charge in [-0.3, -0.25) is 18.8 Å². The highest BCUT2D eigenvalue weighted by Gasteiger charge is 2.40. The molecule has 1 unspecified atom stereocenters. The lowest BCUT2D eigenvalue weighted by Crippen LogP contribution is -2.49. The number of aryl methyl sites for hydroxylation is 1. The van der Waals surface area contributed by atoms with Crippen molar-refractivity contribution in [2.24, 2.45) is 5.41 Å². The van der Waals surface area contributed by atoms with E-state index in [1.165, 1.54) is 15.5 Å². The van der Waals surface area contributed by atoms with Crippen LogP contribution in [0.25, 0.3) is 5.65 Å². The highest BCUT2D eigenvalue weighted by Crippen LogP contribution is 2.30. The van der Waals surface area contributed by atoms with Gasteiger partial charge in [0.1, 0.15) is 11.2 Å². The predicted octanol–water partition coefficient (Wildman–Crippen LogP) is 1.33. The van der Waals surface area contributed by atoms with Gasteiger partial charge in [0.15, 0.2) is 0 Å². The van der Waals surface area contributed by atoms with Crippen LogP contribution in [0.4, 0.5) is 0 Å². The molecule has 1 N–H and O–H groups in total. The smallest absolute Gasteiger partial charge is 0.311 e. The molecule has 3 rings (SSSR count). The lowest BCUT2D eigenvalue weighted by molar-refractivity contribution is -0.150. The average Bonchev–Trinajstić information content (AvgIpc) is 2.54. The normalized spacial score (nSPS) is 21.0. The van der Waals surface area contributed by atoms with E-state index in [2.05, 4.69) is 4.98 Å². The van der Waals surface area contributed by atoms with Crippen molar-refractivity contribution >= 4 is 17.5 Å². The predicted molar refractivity (Wildman–Crippen MR) is 87.1 cm³/mol. The van der Waals surface area contributed by atoms with Crippen LogP contribution in [0.15, 0.2) is 29.3 Å². The van der Waals surface area contributed by atoms with Gasteiger partial charge in [0.2, 0.25) is 0 Å². The molecule has 1 aliphatic rings. The first-order valence-electron chi connectivity index (χ1n) is 7.82. The largest absolute Gasteiger partial charge is 0.481 e. The van der Waals surface area contributed by atoms with Gasteiger partial charge < -0.3 is 10.0 Å². The van der Waals surface area contributed by atoms with E-state index in [4.69, 9.17) is 0 Å². The number of aliphatic carboxylic acids is 1. The van der Waals surface area contributed by atoms with E-state index in [9.17, 15) is 19.5 Å². The van der Waals surface area contributed by atoms with Crippen molar-refractivity contribution in [3.8, 4) is 0 Å². The third-order valence-electron chi connectivity index (χ3n) is 4.60. The topological polar surface area (TPSA) is 92.0 Å². The average molecular weight is 329 g/mol. The van der Waals surface area contributed by atoms with Gasteiger partial charge >= 0.3 is 5.97 Å². The highest BCUT2D eigenvalue weighted by atomic mass is 16.4. The molecule has 0 spiro atoms. The number of fused-ring (bicyclic) bond motifs is 1. The zero-order valence-electron chi connectivity index (χ0n) is 13.7. The summed E-state index contributed by atoms with van der Waals surface area (Å²) in [7, 11) is 0. The van der Waals surface area contributed by atoms with Crippen molar-refractivity contribution in [1.82, 2.24) is 14.3 Å². The third kappa shape index (κ3) is 2.66. The molecule has 1 saturated heterocycles. The Morgan fingerprint density at radius 2 is 2.12 bits per heavy atom. The first-order valence-corrected chi connectivity index (χ1v) is 7.82. The number of hydrogen-bond acceptors (Lipinski definition) is 4. The van der Waals surface area contributed by atoms with Crippen LogP contribution in [-0.2, 0) is 4.79 Å². The highest BCUT2D eigenvalue weighted by molar-refractivity contribution is 5.94. The zero-order valence-corrected chi connectivity index (χ0v) is 13.7. The molecule has 1 fully saturated rings. The molecule has 0 saturated carbocycles. The third-order valence-corrected chi connectivity index (χ3v) is 4.60. The summed E-state index contributed by atoms with van der Waals surface area (Å²) in [5, 5.41) is 9.37. The van der Waals surface area contributed by atoms with Gasteiger partial charge in [0, 0.05) is 25.5 Å². The summed E-state index contributed by atoms with van der Waals surface area (Å²) >= 11 is 0. The molecule has 126 valence electrons. The molecule has 7 heteroatoms. The van der Waals surface area contributed by atoms with E-state index in [0.717, 1.165) is 5.56 Å². The molecule has 2 aromatic rings. The number of carboxylic acids is 1. The van der Waals surface area contributed by atoms with Crippen LogP contribution in [0.5, 0.6) is 0 Å². The van der Waals surface area contributed by atoms with Crippen LogP contribution in [-0.4, -0.2) is 44.4 Å². The Hall–Kier alpha value is -2.70. The van der Waals surface area contributed by atoms with E-state index >= 15 is 0 Å². The van der Waals surface area contributed by atoms with E-state index in [-0.39, 0.29) is 12.1 Å². The Labute approximate surface area is 138 Å². The summed E-state index contributed by atoms with van der Waals surface area (Å²) in [6, 6.07) is 3.53. The van der Waals surface area contributed by atoms with Crippen LogP contribution < -0.4 is 5.56 Å². The summed E-state index contributed by atoms with van der Waals surface area (Å²) in [5.41, 5.74) is -0.00993. The summed E-state index contributed by atoms with van der Waals surface area (Å²) in [6.07, 6.45) is 3.98. The first-order chi connectivity index (χ1) is 11.3.